The minimum Gasteiger partial charge on any atom is -0.508 e. The molecule has 2 aromatic heterocycles. The third-order valence-corrected chi connectivity index (χ3v) is 16.3. The van der Waals surface area contributed by atoms with Crippen LogP contribution >= 0.6 is 0 Å². The van der Waals surface area contributed by atoms with Crippen molar-refractivity contribution in [3.05, 3.63) is 227 Å². The Morgan fingerprint density at radius 1 is 0.410 bits per heavy atom. The molecule has 6 aromatic carbocycles. The van der Waals surface area contributed by atoms with Crippen LogP contribution in [-0.4, -0.2) is 166 Å². The number of rotatable bonds is 46. The summed E-state index contributed by atoms with van der Waals surface area (Å²) in [6.45, 7) is 5.09. The average molecular weight is 1440 g/mol. The Morgan fingerprint density at radius 3 is 1.07 bits per heavy atom. The van der Waals surface area contributed by atoms with Gasteiger partial charge in [-0.25, -0.2) is 0 Å². The highest BCUT2D eigenvalue weighted by molar-refractivity contribution is 5.95. The summed E-state index contributed by atoms with van der Waals surface area (Å²) in [5.41, 5.74) is 18.1. The summed E-state index contributed by atoms with van der Waals surface area (Å²) in [5, 5.41) is 53.6. The molecule has 12 N–H and O–H groups in total. The molecule has 8 aromatic rings. The topological polar surface area (TPSA) is 399 Å². The highest BCUT2D eigenvalue weighted by Gasteiger charge is 2.30. The standard InChI is InChI=1S/C76H94N16O13/c77-75(79-37-13-25-65(71(97)81-49-55-29-33-63(93)34-30-55)83-73(99)69(57-17-5-1-6-18-57)58-19-7-2-8-20-58)85-67(95)27-15-39-91-51-61(87-89-91)53-104-47-45-102-43-41-101-42-44-103-46-48-105-54-62-52-92(90-88-62)40-16-28-68(96)86-76(78)80-38-14-26-66(72(98)82-50-56-31-35-64(94)36-32-56)84-74(100)70(59-21-9-3-10-22-59)60-23-11-4-12-24-60/h1-12,17-24,29-36,51-52,65-66,69-70,93-94H,13-16,25-28,37-50,53-54H2,(H,81,97)(H,82,98)(H,83,99)(H,84,100)(H3,77,79,85,95)(H3,78,80,86,96)/t65-,66-/m1/s1. The van der Waals surface area contributed by atoms with Crippen molar-refractivity contribution in [1.29, 1.82) is 0 Å². The van der Waals surface area contributed by atoms with Crippen molar-refractivity contribution in [1.82, 2.24) is 61.9 Å². The number of phenols is 2. The van der Waals surface area contributed by atoms with Crippen molar-refractivity contribution >= 4 is 47.4 Å². The summed E-state index contributed by atoms with van der Waals surface area (Å²) in [6.07, 6.45) is 5.90. The van der Waals surface area contributed by atoms with Crippen LogP contribution in [0.3, 0.4) is 0 Å². The van der Waals surface area contributed by atoms with E-state index in [0.29, 0.717) is 103 Å². The molecule has 2 heterocycles. The van der Waals surface area contributed by atoms with Crippen LogP contribution in [0.1, 0.15) is 108 Å². The first-order valence-corrected chi connectivity index (χ1v) is 35.0. The van der Waals surface area contributed by atoms with Crippen LogP contribution in [0.5, 0.6) is 11.5 Å². The summed E-state index contributed by atoms with van der Waals surface area (Å²) < 4.78 is 31.4. The fourth-order valence-electron chi connectivity index (χ4n) is 10.9. The smallest absolute Gasteiger partial charge is 0.248 e. The number of nitrogens with zero attached hydrogens (tertiary/aromatic N) is 8. The van der Waals surface area contributed by atoms with Gasteiger partial charge in [0, 0.05) is 52.1 Å². The van der Waals surface area contributed by atoms with Crippen LogP contribution < -0.4 is 43.4 Å². The number of aliphatic imine (C=N–C) groups is 2. The van der Waals surface area contributed by atoms with Gasteiger partial charge in [0.2, 0.25) is 35.4 Å². The molecule has 556 valence electrons. The van der Waals surface area contributed by atoms with Crippen molar-refractivity contribution < 1.29 is 62.7 Å². The first-order chi connectivity index (χ1) is 51.2. The van der Waals surface area contributed by atoms with E-state index in [1.165, 1.54) is 24.3 Å². The molecule has 2 atom stereocenters. The highest BCUT2D eigenvalue weighted by Crippen LogP contribution is 2.27. The minimum absolute atomic E-state index is 0.0602. The molecule has 0 fully saturated rings. The number of carbonyl (C=O) groups excluding carboxylic acids is 6. The van der Waals surface area contributed by atoms with Crippen LogP contribution in [0, 0.1) is 0 Å². The predicted molar refractivity (Wildman–Crippen MR) is 391 cm³/mol. The molecule has 105 heavy (non-hydrogen) atoms. The second-order valence-electron chi connectivity index (χ2n) is 24.4. The molecule has 29 nitrogen and oxygen atoms in total. The third-order valence-electron chi connectivity index (χ3n) is 16.3. The van der Waals surface area contributed by atoms with E-state index < -0.39 is 35.7 Å². The summed E-state index contributed by atoms with van der Waals surface area (Å²) >= 11 is 0. The van der Waals surface area contributed by atoms with Crippen LogP contribution in [0.4, 0.5) is 0 Å². The Kier molecular flexibility index (Phi) is 34.0. The van der Waals surface area contributed by atoms with Gasteiger partial charge in [0.05, 0.1) is 90.3 Å². The van der Waals surface area contributed by atoms with E-state index in [4.69, 9.17) is 35.2 Å². The number of ether oxygens (including phenoxy) is 5. The van der Waals surface area contributed by atoms with Crippen molar-refractivity contribution in [2.75, 3.05) is 65.9 Å². The molecular formula is C76H94N16O13. The predicted octanol–water partition coefficient (Wildman–Crippen LogP) is 5.31. The fourth-order valence-corrected chi connectivity index (χ4v) is 10.9. The van der Waals surface area contributed by atoms with E-state index in [0.717, 1.165) is 33.4 Å². The van der Waals surface area contributed by atoms with Crippen LogP contribution in [0.25, 0.3) is 0 Å². The van der Waals surface area contributed by atoms with E-state index in [-0.39, 0.29) is 112 Å². The number of benzene rings is 6. The lowest BCUT2D eigenvalue weighted by Crippen LogP contribution is -2.48. The molecule has 8 rings (SSSR count). The molecule has 0 bridgehead atoms. The number of aryl methyl sites for hydroxylation is 2. The maximum absolute atomic E-state index is 14.0. The van der Waals surface area contributed by atoms with Crippen LogP contribution in [-0.2, 0) is 91.8 Å². The summed E-state index contributed by atoms with van der Waals surface area (Å²) in [5.74, 6) is -3.48. The average Bonchev–Trinajstić information content (AvgIpc) is 1.63. The van der Waals surface area contributed by atoms with Gasteiger partial charge in [-0.2, -0.15) is 9.98 Å². The molecule has 0 aliphatic rings. The number of phenolic OH excluding ortho intramolecular Hbond substituents is 2. The van der Waals surface area contributed by atoms with Gasteiger partial charge in [0.25, 0.3) is 0 Å². The van der Waals surface area contributed by atoms with Crippen molar-refractivity contribution in [3.8, 4) is 11.5 Å². The Labute approximate surface area is 609 Å². The molecule has 0 saturated heterocycles. The number of amides is 6. The summed E-state index contributed by atoms with van der Waals surface area (Å²) in [6, 6.07) is 48.6. The molecule has 0 unspecified atom stereocenters. The summed E-state index contributed by atoms with van der Waals surface area (Å²) in [4.78, 5) is 88.6. The second kappa shape index (κ2) is 45.0. The van der Waals surface area contributed by atoms with Gasteiger partial charge in [-0.1, -0.05) is 156 Å². The number of nitrogens with two attached hydrogens (primary N) is 2. The second-order valence-corrected chi connectivity index (χ2v) is 24.4. The Morgan fingerprint density at radius 2 is 0.733 bits per heavy atom. The van der Waals surface area contributed by atoms with E-state index in [2.05, 4.69) is 62.5 Å². The number of guanidine groups is 2. The quantitative estimate of drug-likeness (QED) is 0.0131. The first kappa shape index (κ1) is 79.5. The lowest BCUT2D eigenvalue weighted by molar-refractivity contribution is -0.129. The zero-order chi connectivity index (χ0) is 74.1. The van der Waals surface area contributed by atoms with Gasteiger partial charge in [-0.15, -0.1) is 10.2 Å². The Bertz CT molecular complexity index is 3630. The van der Waals surface area contributed by atoms with Gasteiger partial charge < -0.3 is 77.3 Å². The lowest BCUT2D eigenvalue weighted by atomic mass is 9.90. The third kappa shape index (κ3) is 29.6. The monoisotopic (exact) mass is 1440 g/mol. The molecule has 0 spiro atoms. The number of hydrogen-bond donors (Lipinski definition) is 10. The van der Waals surface area contributed by atoms with Gasteiger partial charge in [0.15, 0.2) is 11.9 Å². The van der Waals surface area contributed by atoms with Crippen LogP contribution in [0.2, 0.25) is 0 Å². The SMILES string of the molecule is NC(=NC(=O)CCCn1cc(COCCOCCOCCOCCOCc2cn(CCCC(=O)N=C(N)NCCC[C@@H](NC(=O)C(c3ccccc3)c3ccccc3)C(=O)NCc3ccc(O)cc3)nn2)nn1)NCCC[C@@H](NC(=O)C(c1ccccc1)c1ccccc1)C(=O)NCc1ccc(O)cc1. The van der Waals surface area contributed by atoms with Crippen molar-refractivity contribution in [3.63, 3.8) is 0 Å². The summed E-state index contributed by atoms with van der Waals surface area (Å²) in [7, 11) is 0. The van der Waals surface area contributed by atoms with Gasteiger partial charge in [0.1, 0.15) is 35.0 Å². The van der Waals surface area contributed by atoms with E-state index >= 15 is 0 Å². The van der Waals surface area contributed by atoms with Crippen molar-refractivity contribution in [2.24, 2.45) is 21.5 Å². The van der Waals surface area contributed by atoms with Gasteiger partial charge >= 0.3 is 0 Å². The number of carbonyl (C=O) groups is 6. The molecule has 0 aliphatic carbocycles. The molecule has 0 saturated carbocycles. The van der Waals surface area contributed by atoms with E-state index in [9.17, 15) is 39.0 Å². The molecule has 29 heteroatoms. The maximum Gasteiger partial charge on any atom is 0.248 e. The molecular weight excluding hydrogens is 1340 g/mol. The van der Waals surface area contributed by atoms with Crippen LogP contribution in [0.15, 0.2) is 192 Å². The van der Waals surface area contributed by atoms with E-state index in [1.54, 1.807) is 46.0 Å². The first-order valence-electron chi connectivity index (χ1n) is 35.0. The number of hydrogen-bond acceptors (Lipinski definition) is 17. The minimum atomic E-state index is -0.899. The van der Waals surface area contributed by atoms with Gasteiger partial charge in [-0.3, -0.25) is 38.1 Å². The normalized spacial score (nSPS) is 12.2. The number of aromatic nitrogens is 6. The number of nitrogens with one attached hydrogen (secondary N) is 6. The zero-order valence-electron chi connectivity index (χ0n) is 58.7. The maximum atomic E-state index is 14.0. The lowest BCUT2D eigenvalue weighted by Gasteiger charge is -2.23. The molecule has 0 aliphatic heterocycles. The Balaban J connectivity index is 0.610. The Hall–Kier alpha value is -11.2. The van der Waals surface area contributed by atoms with Gasteiger partial charge in [-0.05, 0) is 96.2 Å². The largest absolute Gasteiger partial charge is 0.508 e. The molecule has 6 amide bonds. The molecule has 0 radical (unpaired) electrons. The van der Waals surface area contributed by atoms with E-state index in [1.807, 2.05) is 121 Å². The highest BCUT2D eigenvalue weighted by atomic mass is 16.6. The number of aromatic hydroxyl groups is 2. The zero-order valence-corrected chi connectivity index (χ0v) is 58.7. The fraction of sp³-hybridized carbons (Fsp3) is 0.368. The van der Waals surface area contributed by atoms with Crippen molar-refractivity contribution in [2.45, 2.75) is 115 Å².